The molecule has 0 saturated carbocycles. The third kappa shape index (κ3) is 3.75. The topological polar surface area (TPSA) is 125 Å². The number of rotatable bonds is 4. The Morgan fingerprint density at radius 1 is 1.07 bits per heavy atom. The molecule has 0 aromatic heterocycles. The van der Waals surface area contributed by atoms with Crippen LogP contribution in [0.3, 0.4) is 0 Å². The molecule has 0 bridgehead atoms. The standard InChI is InChI=1S/C17H10BrN3O6/c1-9-6-11(3-5-14(9)20(23)24)16-19-13(17(22)27-16)7-10-2-4-12(18)15(8-10)21(25)26/h2-8H,1H3/b13-7-. The summed E-state index contributed by atoms with van der Waals surface area (Å²) in [7, 11) is 0. The number of hydrogen-bond donors (Lipinski definition) is 0. The zero-order valence-corrected chi connectivity index (χ0v) is 15.3. The molecule has 0 fully saturated rings. The normalized spacial score (nSPS) is 14.8. The van der Waals surface area contributed by atoms with Crippen LogP contribution in [0.1, 0.15) is 16.7 Å². The molecule has 3 rings (SSSR count). The number of benzene rings is 2. The fourth-order valence-electron chi connectivity index (χ4n) is 2.44. The fraction of sp³-hybridized carbons (Fsp3) is 0.0588. The van der Waals surface area contributed by atoms with E-state index in [1.165, 1.54) is 36.4 Å². The Balaban J connectivity index is 1.96. The lowest BCUT2D eigenvalue weighted by Crippen LogP contribution is -2.06. The molecular formula is C17H10BrN3O6. The van der Waals surface area contributed by atoms with Crippen molar-refractivity contribution in [2.45, 2.75) is 6.92 Å². The van der Waals surface area contributed by atoms with Gasteiger partial charge in [0.15, 0.2) is 5.70 Å². The highest BCUT2D eigenvalue weighted by molar-refractivity contribution is 9.10. The van der Waals surface area contributed by atoms with Crippen molar-refractivity contribution in [2.24, 2.45) is 4.99 Å². The van der Waals surface area contributed by atoms with E-state index in [4.69, 9.17) is 4.74 Å². The van der Waals surface area contributed by atoms with Crippen LogP contribution < -0.4 is 0 Å². The van der Waals surface area contributed by atoms with Crippen LogP contribution in [0.4, 0.5) is 11.4 Å². The first-order chi connectivity index (χ1) is 12.8. The highest BCUT2D eigenvalue weighted by Gasteiger charge is 2.25. The third-order valence-electron chi connectivity index (χ3n) is 3.73. The monoisotopic (exact) mass is 431 g/mol. The maximum atomic E-state index is 12.1. The number of nitrogens with zero attached hydrogens (tertiary/aromatic N) is 3. The molecule has 0 spiro atoms. The summed E-state index contributed by atoms with van der Waals surface area (Å²) in [5, 5.41) is 21.9. The van der Waals surface area contributed by atoms with Crippen molar-refractivity contribution >= 4 is 45.2 Å². The van der Waals surface area contributed by atoms with Crippen molar-refractivity contribution in [3.63, 3.8) is 0 Å². The molecule has 136 valence electrons. The number of nitro benzene ring substituents is 2. The Hall–Kier alpha value is -3.40. The highest BCUT2D eigenvalue weighted by atomic mass is 79.9. The molecule has 0 saturated heterocycles. The summed E-state index contributed by atoms with van der Waals surface area (Å²) in [6.45, 7) is 1.57. The number of halogens is 1. The molecular weight excluding hydrogens is 422 g/mol. The van der Waals surface area contributed by atoms with Crippen LogP contribution in [0.25, 0.3) is 6.08 Å². The van der Waals surface area contributed by atoms with Crippen LogP contribution in [0, 0.1) is 27.2 Å². The molecule has 10 heteroatoms. The maximum Gasteiger partial charge on any atom is 0.363 e. The number of cyclic esters (lactones) is 1. The zero-order valence-electron chi connectivity index (χ0n) is 13.7. The smallest absolute Gasteiger partial charge is 0.363 e. The number of carbonyl (C=O) groups excluding carboxylic acids is 1. The van der Waals surface area contributed by atoms with E-state index >= 15 is 0 Å². The lowest BCUT2D eigenvalue weighted by Gasteiger charge is -2.01. The molecule has 0 N–H and O–H groups in total. The molecule has 1 aliphatic heterocycles. The second-order valence-corrected chi connectivity index (χ2v) is 6.42. The van der Waals surface area contributed by atoms with Gasteiger partial charge in [-0.15, -0.1) is 0 Å². The molecule has 2 aromatic rings. The number of aryl methyl sites for hydroxylation is 1. The van der Waals surface area contributed by atoms with Crippen molar-refractivity contribution in [1.29, 1.82) is 0 Å². The Labute approximate surface area is 160 Å². The van der Waals surface area contributed by atoms with Crippen molar-refractivity contribution in [2.75, 3.05) is 0 Å². The predicted molar refractivity (Wildman–Crippen MR) is 99.2 cm³/mol. The number of ether oxygens (including phenoxy) is 1. The van der Waals surface area contributed by atoms with Gasteiger partial charge in [0.25, 0.3) is 11.4 Å². The van der Waals surface area contributed by atoms with Crippen LogP contribution in [0.5, 0.6) is 0 Å². The van der Waals surface area contributed by atoms with Crippen LogP contribution in [-0.2, 0) is 9.53 Å². The summed E-state index contributed by atoms with van der Waals surface area (Å²) in [4.78, 5) is 37.0. The van der Waals surface area contributed by atoms with Gasteiger partial charge in [0.05, 0.1) is 14.3 Å². The molecule has 9 nitrogen and oxygen atoms in total. The third-order valence-corrected chi connectivity index (χ3v) is 4.40. The van der Waals surface area contributed by atoms with E-state index in [1.54, 1.807) is 13.0 Å². The average molecular weight is 432 g/mol. The lowest BCUT2D eigenvalue weighted by molar-refractivity contribution is -0.385. The van der Waals surface area contributed by atoms with Crippen LogP contribution in [0.15, 0.2) is 51.6 Å². The van der Waals surface area contributed by atoms with Crippen molar-refractivity contribution in [1.82, 2.24) is 0 Å². The first-order valence-electron chi connectivity index (χ1n) is 7.48. The summed E-state index contributed by atoms with van der Waals surface area (Å²) in [5.74, 6) is -0.706. The lowest BCUT2D eigenvalue weighted by atomic mass is 10.1. The molecule has 0 radical (unpaired) electrons. The van der Waals surface area contributed by atoms with E-state index in [-0.39, 0.29) is 23.0 Å². The molecule has 0 unspecified atom stereocenters. The van der Waals surface area contributed by atoms with E-state index in [9.17, 15) is 25.0 Å². The number of nitro groups is 2. The number of aliphatic imine (C=N–C) groups is 1. The van der Waals surface area contributed by atoms with Gasteiger partial charge in [-0.1, -0.05) is 6.07 Å². The molecule has 1 heterocycles. The first-order valence-corrected chi connectivity index (χ1v) is 8.27. The van der Waals surface area contributed by atoms with E-state index in [1.807, 2.05) is 0 Å². The van der Waals surface area contributed by atoms with Crippen molar-refractivity contribution in [3.05, 3.63) is 83.5 Å². The Bertz CT molecular complexity index is 1060. The second kappa shape index (κ2) is 7.08. The van der Waals surface area contributed by atoms with Gasteiger partial charge < -0.3 is 4.74 Å². The molecule has 2 aromatic carbocycles. The Morgan fingerprint density at radius 2 is 1.78 bits per heavy atom. The zero-order chi connectivity index (χ0) is 19.7. The van der Waals surface area contributed by atoms with Gasteiger partial charge in [-0.25, -0.2) is 9.79 Å². The molecule has 0 atom stereocenters. The summed E-state index contributed by atoms with van der Waals surface area (Å²) in [6, 6.07) is 8.62. The molecule has 27 heavy (non-hydrogen) atoms. The summed E-state index contributed by atoms with van der Waals surface area (Å²) in [6.07, 6.45) is 1.37. The van der Waals surface area contributed by atoms with Gasteiger partial charge in [0, 0.05) is 23.3 Å². The van der Waals surface area contributed by atoms with Gasteiger partial charge in [0.1, 0.15) is 0 Å². The minimum absolute atomic E-state index is 0.0101. The van der Waals surface area contributed by atoms with Crippen LogP contribution >= 0.6 is 15.9 Å². The highest BCUT2D eigenvalue weighted by Crippen LogP contribution is 2.28. The minimum Gasteiger partial charge on any atom is -0.402 e. The molecule has 0 aliphatic carbocycles. The minimum atomic E-state index is -0.716. The summed E-state index contributed by atoms with van der Waals surface area (Å²) >= 11 is 3.09. The van der Waals surface area contributed by atoms with Gasteiger partial charge in [-0.2, -0.15) is 0 Å². The largest absolute Gasteiger partial charge is 0.402 e. The number of hydrogen-bond acceptors (Lipinski definition) is 7. The second-order valence-electron chi connectivity index (χ2n) is 5.56. The fourth-order valence-corrected chi connectivity index (χ4v) is 2.83. The molecule has 1 aliphatic rings. The van der Waals surface area contributed by atoms with E-state index in [0.29, 0.717) is 21.2 Å². The Kier molecular flexibility index (Phi) is 4.82. The summed E-state index contributed by atoms with van der Waals surface area (Å²) < 4.78 is 5.43. The average Bonchev–Trinajstić information content (AvgIpc) is 2.96. The Morgan fingerprint density at radius 3 is 2.41 bits per heavy atom. The van der Waals surface area contributed by atoms with Gasteiger partial charge in [0.2, 0.25) is 5.90 Å². The van der Waals surface area contributed by atoms with Gasteiger partial charge in [-0.3, -0.25) is 20.2 Å². The van der Waals surface area contributed by atoms with E-state index in [0.717, 1.165) is 0 Å². The quantitative estimate of drug-likeness (QED) is 0.312. The van der Waals surface area contributed by atoms with E-state index < -0.39 is 15.8 Å². The molecule has 0 amide bonds. The number of carbonyl (C=O) groups is 1. The van der Waals surface area contributed by atoms with Crippen LogP contribution in [-0.4, -0.2) is 21.7 Å². The van der Waals surface area contributed by atoms with Gasteiger partial charge in [-0.05, 0) is 52.7 Å². The first kappa shape index (κ1) is 18.4. The van der Waals surface area contributed by atoms with E-state index in [2.05, 4.69) is 20.9 Å². The van der Waals surface area contributed by atoms with Crippen LogP contribution in [0.2, 0.25) is 0 Å². The number of esters is 1. The summed E-state index contributed by atoms with van der Waals surface area (Å²) in [5.41, 5.74) is 0.987. The SMILES string of the molecule is Cc1cc(C2=N/C(=C\c3ccc(Br)c([N+](=O)[O-])c3)C(=O)O2)ccc1[N+](=O)[O-]. The predicted octanol–water partition coefficient (Wildman–Crippen LogP) is 3.92. The van der Waals surface area contributed by atoms with Crippen molar-refractivity contribution < 1.29 is 19.4 Å². The van der Waals surface area contributed by atoms with Gasteiger partial charge >= 0.3 is 5.97 Å². The van der Waals surface area contributed by atoms with Crippen molar-refractivity contribution in [3.8, 4) is 0 Å². The maximum absolute atomic E-state index is 12.1.